The van der Waals surface area contributed by atoms with Crippen LogP contribution in [0.1, 0.15) is 32.8 Å². The molecule has 0 fully saturated rings. The monoisotopic (exact) mass is 290 g/mol. The molecule has 1 aromatic carbocycles. The van der Waals surface area contributed by atoms with Crippen LogP contribution in [0.5, 0.6) is 0 Å². The minimum Gasteiger partial charge on any atom is -0.382 e. The van der Waals surface area contributed by atoms with E-state index in [1.165, 1.54) is 0 Å². The molecule has 4 nitrogen and oxygen atoms in total. The van der Waals surface area contributed by atoms with Crippen molar-refractivity contribution in [1.82, 2.24) is 0 Å². The summed E-state index contributed by atoms with van der Waals surface area (Å²) in [6.07, 6.45) is -3.81. The molecule has 0 aliphatic rings. The molecule has 0 saturated heterocycles. The van der Waals surface area contributed by atoms with Crippen LogP contribution in [0.3, 0.4) is 0 Å². The van der Waals surface area contributed by atoms with Gasteiger partial charge in [-0.1, -0.05) is 20.3 Å². The van der Waals surface area contributed by atoms with E-state index in [-0.39, 0.29) is 17.6 Å². The number of hydrogen-bond acceptors (Lipinski definition) is 3. The topological polar surface area (TPSA) is 55.2 Å². The Balaban J connectivity index is 3.16. The Morgan fingerprint density at radius 3 is 2.40 bits per heavy atom. The molecule has 0 saturated carbocycles. The number of non-ortho nitro benzene ring substituents is 1. The summed E-state index contributed by atoms with van der Waals surface area (Å²) in [5, 5.41) is 13.4. The molecular formula is C13H17F3N2O2. The Morgan fingerprint density at radius 1 is 1.35 bits per heavy atom. The number of anilines is 1. The van der Waals surface area contributed by atoms with E-state index in [4.69, 9.17) is 0 Å². The van der Waals surface area contributed by atoms with Crippen molar-refractivity contribution < 1.29 is 18.1 Å². The van der Waals surface area contributed by atoms with Gasteiger partial charge < -0.3 is 5.32 Å². The smallest absolute Gasteiger partial charge is 0.382 e. The molecule has 0 radical (unpaired) electrons. The number of nitro benzene ring substituents is 1. The summed E-state index contributed by atoms with van der Waals surface area (Å²) in [7, 11) is 0. The second-order valence-corrected chi connectivity index (χ2v) is 4.80. The molecule has 1 rings (SSSR count). The summed E-state index contributed by atoms with van der Waals surface area (Å²) in [4.78, 5) is 9.75. The fourth-order valence-corrected chi connectivity index (χ4v) is 1.75. The van der Waals surface area contributed by atoms with Crippen molar-refractivity contribution in [1.29, 1.82) is 0 Å². The highest BCUT2D eigenvalue weighted by Gasteiger charge is 2.35. The van der Waals surface area contributed by atoms with Gasteiger partial charge in [0.15, 0.2) is 0 Å². The van der Waals surface area contributed by atoms with E-state index in [1.54, 1.807) is 6.92 Å². The van der Waals surface area contributed by atoms with Crippen LogP contribution >= 0.6 is 0 Å². The van der Waals surface area contributed by atoms with E-state index < -0.39 is 22.4 Å². The standard InChI is InChI=1S/C13H17F3N2O2/c1-4-8(2)9(3)17-12-6-5-10(18(19)20)7-11(12)13(14,15)16/h5-9,17H,4H2,1-3H3. The molecule has 2 atom stereocenters. The first-order chi connectivity index (χ1) is 9.16. The Bertz CT molecular complexity index is 489. The number of nitrogens with one attached hydrogen (secondary N) is 1. The number of alkyl halides is 3. The first kappa shape index (κ1) is 16.3. The zero-order valence-corrected chi connectivity index (χ0v) is 11.5. The fourth-order valence-electron chi connectivity index (χ4n) is 1.75. The summed E-state index contributed by atoms with van der Waals surface area (Å²) < 4.78 is 38.9. The molecule has 0 aliphatic carbocycles. The predicted molar refractivity (Wildman–Crippen MR) is 70.6 cm³/mol. The molecule has 20 heavy (non-hydrogen) atoms. The van der Waals surface area contributed by atoms with Crippen LogP contribution in [0.4, 0.5) is 24.5 Å². The molecule has 2 unspecified atom stereocenters. The molecule has 0 amide bonds. The zero-order valence-electron chi connectivity index (χ0n) is 11.5. The van der Waals surface area contributed by atoms with Gasteiger partial charge in [0.25, 0.3) is 5.69 Å². The van der Waals surface area contributed by atoms with Crippen LogP contribution in [-0.4, -0.2) is 11.0 Å². The quantitative estimate of drug-likeness (QED) is 0.643. The Hall–Kier alpha value is -1.79. The summed E-state index contributed by atoms with van der Waals surface area (Å²) >= 11 is 0. The van der Waals surface area contributed by atoms with Crippen molar-refractivity contribution in [3.8, 4) is 0 Å². The lowest BCUT2D eigenvalue weighted by Gasteiger charge is -2.23. The van der Waals surface area contributed by atoms with Crippen molar-refractivity contribution >= 4 is 11.4 Å². The minimum atomic E-state index is -4.64. The molecule has 0 aromatic heterocycles. The Kier molecular flexibility index (Phi) is 4.97. The zero-order chi connectivity index (χ0) is 15.5. The van der Waals surface area contributed by atoms with Crippen LogP contribution in [-0.2, 0) is 6.18 Å². The summed E-state index contributed by atoms with van der Waals surface area (Å²) in [6, 6.07) is 2.58. The summed E-state index contributed by atoms with van der Waals surface area (Å²) in [6.45, 7) is 5.66. The molecule has 0 heterocycles. The maximum absolute atomic E-state index is 13.0. The summed E-state index contributed by atoms with van der Waals surface area (Å²) in [5.41, 5.74) is -1.71. The molecule has 0 aliphatic heterocycles. The maximum atomic E-state index is 13.0. The number of benzene rings is 1. The van der Waals surface area contributed by atoms with E-state index in [1.807, 2.05) is 13.8 Å². The maximum Gasteiger partial charge on any atom is 0.418 e. The molecule has 0 spiro atoms. The van der Waals surface area contributed by atoms with Gasteiger partial charge in [0.1, 0.15) is 0 Å². The normalized spacial score (nSPS) is 14.7. The number of halogens is 3. The molecule has 1 aromatic rings. The highest BCUT2D eigenvalue weighted by atomic mass is 19.4. The lowest BCUT2D eigenvalue weighted by atomic mass is 10.00. The second-order valence-electron chi connectivity index (χ2n) is 4.80. The Morgan fingerprint density at radius 2 is 1.95 bits per heavy atom. The van der Waals surface area contributed by atoms with Crippen molar-refractivity contribution in [2.24, 2.45) is 5.92 Å². The van der Waals surface area contributed by atoms with E-state index in [0.717, 1.165) is 18.6 Å². The lowest BCUT2D eigenvalue weighted by molar-refractivity contribution is -0.385. The number of nitro groups is 1. The van der Waals surface area contributed by atoms with E-state index >= 15 is 0 Å². The van der Waals surface area contributed by atoms with Gasteiger partial charge in [0.2, 0.25) is 0 Å². The van der Waals surface area contributed by atoms with Crippen molar-refractivity contribution in [2.75, 3.05) is 5.32 Å². The van der Waals surface area contributed by atoms with E-state index in [2.05, 4.69) is 5.32 Å². The van der Waals surface area contributed by atoms with Gasteiger partial charge in [-0.05, 0) is 18.9 Å². The fraction of sp³-hybridized carbons (Fsp3) is 0.538. The van der Waals surface area contributed by atoms with Gasteiger partial charge >= 0.3 is 6.18 Å². The van der Waals surface area contributed by atoms with Crippen LogP contribution in [0, 0.1) is 16.0 Å². The second kappa shape index (κ2) is 6.11. The van der Waals surface area contributed by atoms with Crippen LogP contribution in [0.25, 0.3) is 0 Å². The largest absolute Gasteiger partial charge is 0.418 e. The van der Waals surface area contributed by atoms with Crippen LogP contribution in [0.2, 0.25) is 0 Å². The number of hydrogen-bond donors (Lipinski definition) is 1. The van der Waals surface area contributed by atoms with Gasteiger partial charge in [-0.15, -0.1) is 0 Å². The predicted octanol–water partition coefficient (Wildman–Crippen LogP) is 4.46. The molecular weight excluding hydrogens is 273 g/mol. The van der Waals surface area contributed by atoms with E-state index in [9.17, 15) is 23.3 Å². The minimum absolute atomic E-state index is 0.129. The average molecular weight is 290 g/mol. The molecule has 7 heteroatoms. The third-order valence-corrected chi connectivity index (χ3v) is 3.40. The van der Waals surface area contributed by atoms with Gasteiger partial charge in [-0.2, -0.15) is 13.2 Å². The Labute approximate surface area is 115 Å². The average Bonchev–Trinajstić information content (AvgIpc) is 2.36. The third-order valence-electron chi connectivity index (χ3n) is 3.40. The van der Waals surface area contributed by atoms with Crippen LogP contribution in [0.15, 0.2) is 18.2 Å². The van der Waals surface area contributed by atoms with Crippen molar-refractivity contribution in [3.63, 3.8) is 0 Å². The van der Waals surface area contributed by atoms with Gasteiger partial charge in [0.05, 0.1) is 10.5 Å². The highest BCUT2D eigenvalue weighted by molar-refractivity contribution is 5.57. The number of rotatable bonds is 5. The first-order valence-corrected chi connectivity index (χ1v) is 6.29. The SMILES string of the molecule is CCC(C)C(C)Nc1ccc([N+](=O)[O-])cc1C(F)(F)F. The van der Waals surface area contributed by atoms with Gasteiger partial charge in [-0.25, -0.2) is 0 Å². The van der Waals surface area contributed by atoms with Crippen molar-refractivity contribution in [3.05, 3.63) is 33.9 Å². The molecule has 0 bridgehead atoms. The van der Waals surface area contributed by atoms with Gasteiger partial charge in [0, 0.05) is 23.9 Å². The van der Waals surface area contributed by atoms with Crippen molar-refractivity contribution in [2.45, 2.75) is 39.4 Å². The molecule has 1 N–H and O–H groups in total. The highest BCUT2D eigenvalue weighted by Crippen LogP contribution is 2.37. The first-order valence-electron chi connectivity index (χ1n) is 6.29. The van der Waals surface area contributed by atoms with E-state index in [0.29, 0.717) is 6.07 Å². The lowest BCUT2D eigenvalue weighted by Crippen LogP contribution is -2.25. The third kappa shape index (κ3) is 3.85. The van der Waals surface area contributed by atoms with Crippen LogP contribution < -0.4 is 5.32 Å². The molecule has 112 valence electrons. The summed E-state index contributed by atoms with van der Waals surface area (Å²) in [5.74, 6) is 0.186. The number of nitrogens with zero attached hydrogens (tertiary/aromatic N) is 1. The van der Waals surface area contributed by atoms with Gasteiger partial charge in [-0.3, -0.25) is 10.1 Å².